The molecule has 4 nitrogen and oxygen atoms in total. The second kappa shape index (κ2) is 9.98. The van der Waals surface area contributed by atoms with E-state index >= 15 is 0 Å². The van der Waals surface area contributed by atoms with Crippen molar-refractivity contribution in [3.63, 3.8) is 0 Å². The van der Waals surface area contributed by atoms with E-state index in [0.717, 1.165) is 24.8 Å². The van der Waals surface area contributed by atoms with Gasteiger partial charge in [-0.15, -0.1) is 0 Å². The largest absolute Gasteiger partial charge is 0.366 e. The van der Waals surface area contributed by atoms with Crippen molar-refractivity contribution in [1.82, 2.24) is 0 Å². The minimum absolute atomic E-state index is 0.137. The van der Waals surface area contributed by atoms with Gasteiger partial charge >= 0.3 is 0 Å². The third-order valence-electron chi connectivity index (χ3n) is 3.78. The molecule has 0 fully saturated rings. The van der Waals surface area contributed by atoms with Crippen LogP contribution < -0.4 is 11.1 Å². The van der Waals surface area contributed by atoms with E-state index < -0.39 is 5.91 Å². The van der Waals surface area contributed by atoms with E-state index in [0.29, 0.717) is 11.3 Å². The number of anilines is 1. The van der Waals surface area contributed by atoms with Gasteiger partial charge in [0.05, 0.1) is 0 Å². The number of unbranched alkanes of at least 4 members (excludes halogenated alkanes) is 6. The highest BCUT2D eigenvalue weighted by Gasteiger charge is 2.13. The van der Waals surface area contributed by atoms with Crippen LogP contribution in [0.4, 0.5) is 5.69 Å². The zero-order chi connectivity index (χ0) is 16.4. The number of hydrogen-bond donors (Lipinski definition) is 2. The van der Waals surface area contributed by atoms with E-state index in [1.807, 2.05) is 6.07 Å². The summed E-state index contributed by atoms with van der Waals surface area (Å²) in [5.41, 5.74) is 7.52. The van der Waals surface area contributed by atoms with Crippen LogP contribution in [0.15, 0.2) is 18.2 Å². The SMILES string of the molecule is CCCCCCCCCc1c(NC(C)=O)cccc1C(N)=O. The molecule has 2 amide bonds. The molecule has 1 aromatic rings. The zero-order valence-electron chi connectivity index (χ0n) is 13.8. The second-order valence-corrected chi connectivity index (χ2v) is 5.75. The van der Waals surface area contributed by atoms with E-state index in [2.05, 4.69) is 12.2 Å². The molecule has 0 spiro atoms. The molecule has 1 aromatic carbocycles. The molecule has 0 atom stereocenters. The maximum atomic E-state index is 11.6. The van der Waals surface area contributed by atoms with Crippen LogP contribution >= 0.6 is 0 Å². The molecule has 1 rings (SSSR count). The van der Waals surface area contributed by atoms with Crippen molar-refractivity contribution in [2.24, 2.45) is 5.73 Å². The molecule has 0 saturated heterocycles. The van der Waals surface area contributed by atoms with Gasteiger partial charge in [0.2, 0.25) is 11.8 Å². The first-order valence-electron chi connectivity index (χ1n) is 8.25. The van der Waals surface area contributed by atoms with Crippen LogP contribution in [0.25, 0.3) is 0 Å². The fourth-order valence-corrected chi connectivity index (χ4v) is 2.65. The Morgan fingerprint density at radius 2 is 1.68 bits per heavy atom. The third kappa shape index (κ3) is 6.29. The van der Waals surface area contributed by atoms with Gasteiger partial charge in [0.25, 0.3) is 0 Å². The summed E-state index contributed by atoms with van der Waals surface area (Å²) in [6, 6.07) is 5.30. The summed E-state index contributed by atoms with van der Waals surface area (Å²) in [7, 11) is 0. The topological polar surface area (TPSA) is 72.2 Å². The highest BCUT2D eigenvalue weighted by Crippen LogP contribution is 2.23. The molecule has 22 heavy (non-hydrogen) atoms. The van der Waals surface area contributed by atoms with E-state index in [1.54, 1.807) is 12.1 Å². The van der Waals surface area contributed by atoms with E-state index in [4.69, 9.17) is 5.73 Å². The average molecular weight is 304 g/mol. The van der Waals surface area contributed by atoms with E-state index in [9.17, 15) is 9.59 Å². The Labute approximate surface area is 133 Å². The fourth-order valence-electron chi connectivity index (χ4n) is 2.65. The molecule has 0 radical (unpaired) electrons. The lowest BCUT2D eigenvalue weighted by Crippen LogP contribution is -2.16. The van der Waals surface area contributed by atoms with Gasteiger partial charge in [0.1, 0.15) is 0 Å². The van der Waals surface area contributed by atoms with Crippen molar-refractivity contribution in [3.8, 4) is 0 Å². The molecule has 3 N–H and O–H groups in total. The van der Waals surface area contributed by atoms with Crippen molar-refractivity contribution < 1.29 is 9.59 Å². The summed E-state index contributed by atoms with van der Waals surface area (Å²) in [5, 5.41) is 2.79. The molecular weight excluding hydrogens is 276 g/mol. The number of nitrogens with one attached hydrogen (secondary N) is 1. The lowest BCUT2D eigenvalue weighted by Gasteiger charge is -2.13. The van der Waals surface area contributed by atoms with Gasteiger partial charge in [-0.05, 0) is 30.5 Å². The van der Waals surface area contributed by atoms with Crippen LogP contribution in [0.3, 0.4) is 0 Å². The first-order valence-corrected chi connectivity index (χ1v) is 8.25. The van der Waals surface area contributed by atoms with Crippen LogP contribution in [-0.2, 0) is 11.2 Å². The smallest absolute Gasteiger partial charge is 0.249 e. The van der Waals surface area contributed by atoms with Gasteiger partial charge < -0.3 is 11.1 Å². The number of amides is 2. The highest BCUT2D eigenvalue weighted by atomic mass is 16.1. The standard InChI is InChI=1S/C18H28N2O2/c1-3-4-5-6-7-8-9-11-15-16(18(19)22)12-10-13-17(15)20-14(2)21/h10,12-13H,3-9,11H2,1-2H3,(H2,19,22)(H,20,21). The van der Waals surface area contributed by atoms with Crippen LogP contribution in [0.1, 0.15) is 74.7 Å². The molecule has 0 aliphatic rings. The van der Waals surface area contributed by atoms with Crippen LogP contribution in [0.2, 0.25) is 0 Å². The minimum Gasteiger partial charge on any atom is -0.366 e. The molecule has 0 aliphatic carbocycles. The van der Waals surface area contributed by atoms with E-state index in [-0.39, 0.29) is 5.91 Å². The number of hydrogen-bond acceptors (Lipinski definition) is 2. The molecule has 0 aliphatic heterocycles. The van der Waals surface area contributed by atoms with Crippen LogP contribution in [-0.4, -0.2) is 11.8 Å². The lowest BCUT2D eigenvalue weighted by molar-refractivity contribution is -0.114. The van der Waals surface area contributed by atoms with E-state index in [1.165, 1.54) is 39.0 Å². The monoisotopic (exact) mass is 304 g/mol. The second-order valence-electron chi connectivity index (χ2n) is 5.75. The Kier molecular flexibility index (Phi) is 8.26. The van der Waals surface area contributed by atoms with Crippen LogP contribution in [0, 0.1) is 0 Å². The number of benzene rings is 1. The molecule has 0 heterocycles. The summed E-state index contributed by atoms with van der Waals surface area (Å²) in [6.07, 6.45) is 9.24. The van der Waals surface area contributed by atoms with Gasteiger partial charge in [-0.1, -0.05) is 51.5 Å². The summed E-state index contributed by atoms with van der Waals surface area (Å²) in [5.74, 6) is -0.576. The number of carbonyl (C=O) groups is 2. The van der Waals surface area contributed by atoms with Gasteiger partial charge in [-0.3, -0.25) is 9.59 Å². The minimum atomic E-state index is -0.440. The van der Waals surface area contributed by atoms with Gasteiger partial charge in [0.15, 0.2) is 0 Å². The molecule has 0 unspecified atom stereocenters. The Morgan fingerprint density at radius 1 is 1.05 bits per heavy atom. The normalized spacial score (nSPS) is 10.5. The van der Waals surface area contributed by atoms with Crippen molar-refractivity contribution in [2.75, 3.05) is 5.32 Å². The first-order chi connectivity index (χ1) is 10.6. The summed E-state index contributed by atoms with van der Waals surface area (Å²) >= 11 is 0. The van der Waals surface area contributed by atoms with Crippen molar-refractivity contribution >= 4 is 17.5 Å². The van der Waals surface area contributed by atoms with Crippen molar-refractivity contribution in [2.45, 2.75) is 65.2 Å². The van der Waals surface area contributed by atoms with Crippen molar-refractivity contribution in [3.05, 3.63) is 29.3 Å². The quantitative estimate of drug-likeness (QED) is 0.640. The molecule has 122 valence electrons. The Hall–Kier alpha value is -1.84. The van der Waals surface area contributed by atoms with Gasteiger partial charge in [-0.25, -0.2) is 0 Å². The van der Waals surface area contributed by atoms with Crippen LogP contribution in [0.5, 0.6) is 0 Å². The maximum absolute atomic E-state index is 11.6. The number of rotatable bonds is 10. The number of primary amides is 1. The molecule has 0 bridgehead atoms. The average Bonchev–Trinajstić information content (AvgIpc) is 2.46. The molecule has 0 aromatic heterocycles. The predicted octanol–water partition coefficient (Wildman–Crippen LogP) is 4.04. The number of carbonyl (C=O) groups excluding carboxylic acids is 2. The first kappa shape index (κ1) is 18.2. The Balaban J connectivity index is 2.62. The summed E-state index contributed by atoms with van der Waals surface area (Å²) in [6.45, 7) is 3.68. The Morgan fingerprint density at radius 3 is 2.27 bits per heavy atom. The number of nitrogens with two attached hydrogens (primary N) is 1. The molecule has 4 heteroatoms. The molecular formula is C18H28N2O2. The van der Waals surface area contributed by atoms with Gasteiger partial charge in [0, 0.05) is 18.2 Å². The summed E-state index contributed by atoms with van der Waals surface area (Å²) in [4.78, 5) is 22.9. The highest BCUT2D eigenvalue weighted by molar-refractivity contribution is 5.98. The van der Waals surface area contributed by atoms with Crippen molar-refractivity contribution in [1.29, 1.82) is 0 Å². The van der Waals surface area contributed by atoms with Gasteiger partial charge in [-0.2, -0.15) is 0 Å². The summed E-state index contributed by atoms with van der Waals surface area (Å²) < 4.78 is 0. The Bertz CT molecular complexity index is 498. The maximum Gasteiger partial charge on any atom is 0.249 e. The predicted molar refractivity (Wildman–Crippen MR) is 91.0 cm³/mol. The third-order valence-corrected chi connectivity index (χ3v) is 3.78. The zero-order valence-corrected chi connectivity index (χ0v) is 13.8. The lowest BCUT2D eigenvalue weighted by atomic mass is 9.98. The fraction of sp³-hybridized carbons (Fsp3) is 0.556. The molecule has 0 saturated carbocycles.